The van der Waals surface area contributed by atoms with Gasteiger partial charge in [-0.15, -0.1) is 0 Å². The van der Waals surface area contributed by atoms with Crippen molar-refractivity contribution in [2.24, 2.45) is 0 Å². The van der Waals surface area contributed by atoms with Crippen LogP contribution in [0.25, 0.3) is 0 Å². The Morgan fingerprint density at radius 1 is 1.17 bits per heavy atom. The van der Waals surface area contributed by atoms with Crippen LogP contribution in [-0.4, -0.2) is 33.2 Å². The molecular weight excluding hydrogens is 312 g/mol. The van der Waals surface area contributed by atoms with E-state index in [9.17, 15) is 13.2 Å². The minimum absolute atomic E-state index is 0.0452. The third kappa shape index (κ3) is 3.68. The maximum Gasteiger partial charge on any atom is 0.251 e. The Morgan fingerprint density at radius 3 is 2.61 bits per heavy atom. The lowest BCUT2D eigenvalue weighted by Gasteiger charge is -2.29. The van der Waals surface area contributed by atoms with Gasteiger partial charge in [-0.25, -0.2) is 8.42 Å². The summed E-state index contributed by atoms with van der Waals surface area (Å²) in [6, 6.07) is 5.64. The molecule has 3 rings (SSSR count). The number of carbonyl (C=O) groups excluding carboxylic acids is 1. The second-order valence-corrected chi connectivity index (χ2v) is 8.50. The van der Waals surface area contributed by atoms with Crippen molar-refractivity contribution in [3.8, 4) is 0 Å². The molecule has 1 aliphatic heterocycles. The van der Waals surface area contributed by atoms with Gasteiger partial charge >= 0.3 is 0 Å². The van der Waals surface area contributed by atoms with Gasteiger partial charge in [-0.2, -0.15) is 0 Å². The fourth-order valence-corrected chi connectivity index (χ4v) is 4.56. The van der Waals surface area contributed by atoms with Crippen LogP contribution in [0.1, 0.15) is 54.4 Å². The Hall–Kier alpha value is -1.56. The van der Waals surface area contributed by atoms with Crippen LogP contribution in [0.2, 0.25) is 0 Å². The molecule has 0 aromatic heterocycles. The van der Waals surface area contributed by atoms with Gasteiger partial charge in [0.05, 0.1) is 11.9 Å². The zero-order valence-electron chi connectivity index (χ0n) is 13.5. The minimum atomic E-state index is -3.26. The number of nitrogens with zero attached hydrogens (tertiary/aromatic N) is 1. The van der Waals surface area contributed by atoms with E-state index >= 15 is 0 Å². The fraction of sp³-hybridized carbons (Fsp3) is 0.588. The number of carbonyl (C=O) groups is 1. The highest BCUT2D eigenvalue weighted by atomic mass is 32.2. The predicted octanol–water partition coefficient (Wildman–Crippen LogP) is 2.46. The summed E-state index contributed by atoms with van der Waals surface area (Å²) in [5.74, 6) is -0.0452. The molecule has 1 aromatic rings. The van der Waals surface area contributed by atoms with E-state index in [1.165, 1.54) is 29.8 Å². The van der Waals surface area contributed by atoms with Crippen molar-refractivity contribution in [1.82, 2.24) is 5.32 Å². The number of hydrogen-bond acceptors (Lipinski definition) is 3. The molecule has 1 aliphatic carbocycles. The number of fused-ring (bicyclic) bond motifs is 1. The maximum atomic E-state index is 12.4. The molecule has 0 saturated heterocycles. The van der Waals surface area contributed by atoms with Crippen LogP contribution in [-0.2, 0) is 16.4 Å². The molecule has 6 heteroatoms. The number of nitrogens with one attached hydrogen (secondary N) is 1. The Bertz CT molecular complexity index is 694. The van der Waals surface area contributed by atoms with Gasteiger partial charge in [0.2, 0.25) is 10.0 Å². The molecule has 5 nitrogen and oxygen atoms in total. The first kappa shape index (κ1) is 16.3. The molecular formula is C17H24N2O3S. The monoisotopic (exact) mass is 336 g/mol. The van der Waals surface area contributed by atoms with Gasteiger partial charge in [0.1, 0.15) is 0 Å². The van der Waals surface area contributed by atoms with Crippen molar-refractivity contribution >= 4 is 21.6 Å². The average Bonchev–Trinajstić information content (AvgIpc) is 2.53. The Balaban J connectivity index is 1.79. The molecule has 0 unspecified atom stereocenters. The smallest absolute Gasteiger partial charge is 0.251 e. The third-order valence-electron chi connectivity index (χ3n) is 4.76. The normalized spacial score (nSPS) is 19.3. The lowest BCUT2D eigenvalue weighted by atomic mass is 9.95. The van der Waals surface area contributed by atoms with Gasteiger partial charge in [0.25, 0.3) is 5.91 Å². The summed E-state index contributed by atoms with van der Waals surface area (Å²) < 4.78 is 25.2. The molecule has 23 heavy (non-hydrogen) atoms. The van der Waals surface area contributed by atoms with Gasteiger partial charge in [-0.3, -0.25) is 9.10 Å². The summed E-state index contributed by atoms with van der Waals surface area (Å²) in [5.41, 5.74) is 2.29. The van der Waals surface area contributed by atoms with Crippen LogP contribution < -0.4 is 9.62 Å². The molecule has 0 atom stereocenters. The molecule has 0 bridgehead atoms. The van der Waals surface area contributed by atoms with Crippen molar-refractivity contribution in [2.75, 3.05) is 17.1 Å². The second kappa shape index (κ2) is 6.51. The lowest BCUT2D eigenvalue weighted by molar-refractivity contribution is 0.0927. The average molecular weight is 336 g/mol. The first-order valence-corrected chi connectivity index (χ1v) is 10.2. The van der Waals surface area contributed by atoms with Crippen LogP contribution >= 0.6 is 0 Å². The molecule has 1 fully saturated rings. The summed E-state index contributed by atoms with van der Waals surface area (Å²) in [6.07, 6.45) is 8.55. The van der Waals surface area contributed by atoms with Crippen molar-refractivity contribution in [3.63, 3.8) is 0 Å². The third-order valence-corrected chi connectivity index (χ3v) is 5.94. The van der Waals surface area contributed by atoms with Crippen LogP contribution in [0.5, 0.6) is 0 Å². The van der Waals surface area contributed by atoms with Gasteiger partial charge < -0.3 is 5.32 Å². The molecule has 0 radical (unpaired) electrons. The van der Waals surface area contributed by atoms with E-state index in [1.807, 2.05) is 6.07 Å². The van der Waals surface area contributed by atoms with E-state index in [4.69, 9.17) is 0 Å². The Morgan fingerprint density at radius 2 is 1.91 bits per heavy atom. The molecule has 1 saturated carbocycles. The predicted molar refractivity (Wildman–Crippen MR) is 91.3 cm³/mol. The van der Waals surface area contributed by atoms with Gasteiger partial charge in [-0.1, -0.05) is 19.3 Å². The summed E-state index contributed by atoms with van der Waals surface area (Å²) in [7, 11) is -3.26. The van der Waals surface area contributed by atoms with E-state index in [2.05, 4.69) is 5.32 Å². The van der Waals surface area contributed by atoms with E-state index in [1.54, 1.807) is 12.1 Å². The largest absolute Gasteiger partial charge is 0.349 e. The van der Waals surface area contributed by atoms with E-state index in [0.29, 0.717) is 17.8 Å². The van der Waals surface area contributed by atoms with E-state index in [-0.39, 0.29) is 11.9 Å². The lowest BCUT2D eigenvalue weighted by Crippen LogP contribution is -2.37. The molecule has 2 aliphatic rings. The standard InChI is InChI=1S/C17H24N2O3S/c1-23(21,22)19-11-5-6-13-12-14(9-10-16(13)19)17(20)18-15-7-3-2-4-8-15/h9-10,12,15H,2-8,11H2,1H3,(H,18,20). The summed E-state index contributed by atoms with van der Waals surface area (Å²) >= 11 is 0. The van der Waals surface area contributed by atoms with Crippen LogP contribution in [0.3, 0.4) is 0 Å². The number of sulfonamides is 1. The number of anilines is 1. The molecule has 1 heterocycles. The van der Waals surface area contributed by atoms with Gasteiger partial charge in [0, 0.05) is 18.2 Å². The summed E-state index contributed by atoms with van der Waals surface area (Å²) in [6.45, 7) is 0.513. The summed E-state index contributed by atoms with van der Waals surface area (Å²) in [4.78, 5) is 12.4. The molecule has 0 spiro atoms. The summed E-state index contributed by atoms with van der Waals surface area (Å²) in [5, 5.41) is 3.11. The highest BCUT2D eigenvalue weighted by Crippen LogP contribution is 2.30. The minimum Gasteiger partial charge on any atom is -0.349 e. The number of hydrogen-bond donors (Lipinski definition) is 1. The van der Waals surface area contributed by atoms with Crippen molar-refractivity contribution < 1.29 is 13.2 Å². The van der Waals surface area contributed by atoms with Crippen LogP contribution in [0.15, 0.2) is 18.2 Å². The highest BCUT2D eigenvalue weighted by Gasteiger charge is 2.25. The van der Waals surface area contributed by atoms with Crippen molar-refractivity contribution in [1.29, 1.82) is 0 Å². The van der Waals surface area contributed by atoms with Crippen molar-refractivity contribution in [2.45, 2.75) is 51.0 Å². The highest BCUT2D eigenvalue weighted by molar-refractivity contribution is 7.92. The maximum absolute atomic E-state index is 12.4. The number of aryl methyl sites for hydroxylation is 1. The fourth-order valence-electron chi connectivity index (χ4n) is 3.56. The Kier molecular flexibility index (Phi) is 4.62. The second-order valence-electron chi connectivity index (χ2n) is 6.59. The van der Waals surface area contributed by atoms with Crippen LogP contribution in [0, 0.1) is 0 Å². The molecule has 126 valence electrons. The molecule has 1 amide bonds. The quantitative estimate of drug-likeness (QED) is 0.922. The zero-order chi connectivity index (χ0) is 16.4. The number of rotatable bonds is 3. The number of amides is 1. The topological polar surface area (TPSA) is 66.5 Å². The van der Waals surface area contributed by atoms with E-state index < -0.39 is 10.0 Å². The van der Waals surface area contributed by atoms with Crippen LogP contribution in [0.4, 0.5) is 5.69 Å². The SMILES string of the molecule is CS(=O)(=O)N1CCCc2cc(C(=O)NC3CCCCC3)ccc21. The Labute approximate surface area is 138 Å². The van der Waals surface area contributed by atoms with Crippen molar-refractivity contribution in [3.05, 3.63) is 29.3 Å². The number of benzene rings is 1. The first-order valence-electron chi connectivity index (χ1n) is 8.36. The first-order chi connectivity index (χ1) is 10.9. The molecule has 1 aromatic carbocycles. The molecule has 1 N–H and O–H groups in total. The van der Waals surface area contributed by atoms with Gasteiger partial charge in [-0.05, 0) is 49.4 Å². The van der Waals surface area contributed by atoms with Gasteiger partial charge in [0.15, 0.2) is 0 Å². The zero-order valence-corrected chi connectivity index (χ0v) is 14.4. The van der Waals surface area contributed by atoms with E-state index in [0.717, 1.165) is 31.2 Å².